The van der Waals surface area contributed by atoms with E-state index in [1.165, 1.54) is 0 Å². The third-order valence-corrected chi connectivity index (χ3v) is 0. The van der Waals surface area contributed by atoms with E-state index in [1.807, 2.05) is 0 Å². The number of rotatable bonds is 0. The number of hydrogen-bond acceptors (Lipinski definition) is 3. The predicted molar refractivity (Wildman–Crippen MR) is 11.2 cm³/mol. The van der Waals surface area contributed by atoms with Crippen LogP contribution in [0, 0.1) is 0 Å². The fourth-order valence-corrected chi connectivity index (χ4v) is 0. The van der Waals surface area contributed by atoms with Crippen molar-refractivity contribution in [1.82, 2.24) is 0 Å². The largest absolute Gasteiger partial charge is 0.786 e. The van der Waals surface area contributed by atoms with Crippen LogP contribution >= 0.6 is 7.91 Å². The van der Waals surface area contributed by atoms with Crippen molar-refractivity contribution < 1.29 is 23.3 Å². The minimum absolute atomic E-state index is 0. The first-order chi connectivity index (χ1) is 2.00. The van der Waals surface area contributed by atoms with Gasteiger partial charge in [-0.1, -0.05) is 0 Å². The second-order valence-corrected chi connectivity index (χ2v) is 1.29. The molecule has 0 aromatic rings. The molecule has 0 atom stereocenters. The van der Waals surface area contributed by atoms with Crippen molar-refractivity contribution in [3.05, 3.63) is 0 Å². The summed E-state index contributed by atoms with van der Waals surface area (Å²) in [6.45, 7) is 0. The summed E-state index contributed by atoms with van der Waals surface area (Å²) in [7, 11) is -5.64. The zero-order valence-corrected chi connectivity index (χ0v) is 3.35. The number of halogens is 2. The molecular formula is HF2O3P-2. The molecule has 0 heterocycles. The van der Waals surface area contributed by atoms with Gasteiger partial charge in [-0.05, 0) is 0 Å². The molecule has 3 nitrogen and oxygen atoms in total. The Balaban J connectivity index is 0. The van der Waals surface area contributed by atoms with Gasteiger partial charge in [-0.2, -0.15) is 0 Å². The Labute approximate surface area is 32.4 Å². The molecule has 0 aliphatic rings. The van der Waals surface area contributed by atoms with Crippen LogP contribution in [0.15, 0.2) is 0 Å². The molecule has 40 valence electrons. The molecule has 0 aliphatic heterocycles. The van der Waals surface area contributed by atoms with Gasteiger partial charge in [-0.3, -0.25) is 4.70 Å². The van der Waals surface area contributed by atoms with E-state index in [0.717, 1.165) is 0 Å². The van der Waals surface area contributed by atoms with Gasteiger partial charge in [0.25, 0.3) is 0 Å². The van der Waals surface area contributed by atoms with Crippen LogP contribution in [-0.2, 0) is 4.57 Å². The molecular weight excluding hydrogens is 117 g/mol. The number of hydrogen-bond donors (Lipinski definition) is 0. The third-order valence-electron chi connectivity index (χ3n) is 0. The van der Waals surface area contributed by atoms with Gasteiger partial charge in [0.2, 0.25) is 0 Å². The quantitative estimate of drug-likeness (QED) is 0.380. The van der Waals surface area contributed by atoms with Crippen molar-refractivity contribution in [2.45, 2.75) is 0 Å². The lowest BCUT2D eigenvalue weighted by Gasteiger charge is -2.15. The zero-order valence-electron chi connectivity index (χ0n) is 2.46. The summed E-state index contributed by atoms with van der Waals surface area (Å²) in [5.74, 6) is 0. The first-order valence-electron chi connectivity index (χ1n) is 0.717. The van der Waals surface area contributed by atoms with E-state index < -0.39 is 7.91 Å². The van der Waals surface area contributed by atoms with Crippen LogP contribution in [0.5, 0.6) is 0 Å². The molecule has 0 aliphatic carbocycles. The van der Waals surface area contributed by atoms with Gasteiger partial charge >= 0.3 is 0 Å². The Morgan fingerprint density at radius 2 is 1.50 bits per heavy atom. The van der Waals surface area contributed by atoms with Crippen molar-refractivity contribution in [3.8, 4) is 0 Å². The smallest absolute Gasteiger partial charge is 0.110 e. The Morgan fingerprint density at radius 1 is 1.50 bits per heavy atom. The van der Waals surface area contributed by atoms with Gasteiger partial charge < -0.3 is 14.4 Å². The van der Waals surface area contributed by atoms with Crippen molar-refractivity contribution in [2.24, 2.45) is 0 Å². The van der Waals surface area contributed by atoms with Crippen LogP contribution in [0.1, 0.15) is 0 Å². The molecule has 0 aromatic carbocycles. The summed E-state index contributed by atoms with van der Waals surface area (Å²) >= 11 is 0. The molecule has 0 saturated carbocycles. The molecule has 0 N–H and O–H groups in total. The van der Waals surface area contributed by atoms with Crippen molar-refractivity contribution in [1.29, 1.82) is 0 Å². The van der Waals surface area contributed by atoms with Crippen LogP contribution in [-0.4, -0.2) is 0 Å². The molecule has 6 heteroatoms. The fraction of sp³-hybridized carbons (Fsp3) is 0. The molecule has 0 rings (SSSR count). The Hall–Kier alpha value is 0.01000. The Bertz CT molecular complexity index is 54.9. The average molecular weight is 118 g/mol. The monoisotopic (exact) mass is 118 g/mol. The van der Waals surface area contributed by atoms with E-state index in [1.54, 1.807) is 0 Å². The maximum atomic E-state index is 10.1. The van der Waals surface area contributed by atoms with E-state index in [4.69, 9.17) is 14.4 Å². The van der Waals surface area contributed by atoms with Gasteiger partial charge in [0, 0.05) is 0 Å². The standard InChI is InChI=1S/FH2O3P.FH/c1-5(2,3)4;/h(H2,2,3,4);1H/p-2. The molecule has 0 bridgehead atoms. The summed E-state index contributed by atoms with van der Waals surface area (Å²) in [4.78, 5) is 16.9. The highest BCUT2D eigenvalue weighted by atomic mass is 31.2. The average Bonchev–Trinajstić information content (AvgIpc) is 0.722. The third kappa shape index (κ3) is 363000. The van der Waals surface area contributed by atoms with Crippen molar-refractivity contribution >= 4 is 7.91 Å². The highest BCUT2D eigenvalue weighted by Gasteiger charge is 1.69. The fourth-order valence-electron chi connectivity index (χ4n) is 0. The lowest BCUT2D eigenvalue weighted by Crippen LogP contribution is -2.07. The van der Waals surface area contributed by atoms with E-state index in [-0.39, 0.29) is 4.70 Å². The van der Waals surface area contributed by atoms with Crippen molar-refractivity contribution in [3.63, 3.8) is 0 Å². The van der Waals surface area contributed by atoms with Crippen LogP contribution in [0.2, 0.25) is 0 Å². The minimum atomic E-state index is -5.64. The highest BCUT2D eigenvalue weighted by molar-refractivity contribution is 7.42. The molecule has 0 fully saturated rings. The van der Waals surface area contributed by atoms with Gasteiger partial charge in [-0.15, -0.1) is 0 Å². The van der Waals surface area contributed by atoms with E-state index >= 15 is 0 Å². The van der Waals surface area contributed by atoms with Crippen molar-refractivity contribution in [2.75, 3.05) is 0 Å². The molecule has 0 aromatic heterocycles. The van der Waals surface area contributed by atoms with Gasteiger partial charge in [0.1, 0.15) is 7.91 Å². The summed E-state index contributed by atoms with van der Waals surface area (Å²) in [5, 5.41) is 0. The molecule has 0 saturated heterocycles. The first-order valence-corrected chi connectivity index (χ1v) is 2.15. The molecule has 0 amide bonds. The zero-order chi connectivity index (χ0) is 4.50. The van der Waals surface area contributed by atoms with Gasteiger partial charge in [0.05, 0.1) is 0 Å². The van der Waals surface area contributed by atoms with E-state index in [9.17, 15) is 4.20 Å². The topological polar surface area (TPSA) is 63.2 Å². The summed E-state index contributed by atoms with van der Waals surface area (Å²) in [5.41, 5.74) is 0. The second-order valence-electron chi connectivity index (χ2n) is 0.431. The SMILES string of the molecule is F.O=P([O-])([O-])F. The van der Waals surface area contributed by atoms with E-state index in [2.05, 4.69) is 0 Å². The van der Waals surface area contributed by atoms with Crippen LogP contribution in [0.4, 0.5) is 8.90 Å². The summed E-state index contributed by atoms with van der Waals surface area (Å²) in [6.07, 6.45) is 0. The predicted octanol–water partition coefficient (Wildman–Crippen LogP) is -1.06. The molecule has 0 unspecified atom stereocenters. The van der Waals surface area contributed by atoms with Crippen LogP contribution in [0.3, 0.4) is 0 Å². The first kappa shape index (κ1) is 9.38. The lowest BCUT2D eigenvalue weighted by atomic mass is 15.8. The maximum Gasteiger partial charge on any atom is 0.110 e. The second kappa shape index (κ2) is 2.23. The summed E-state index contributed by atoms with van der Waals surface area (Å²) < 4.78 is 18.6. The van der Waals surface area contributed by atoms with Crippen LogP contribution < -0.4 is 9.79 Å². The maximum absolute atomic E-state index is 10.1. The van der Waals surface area contributed by atoms with E-state index in [0.29, 0.717) is 0 Å². The molecule has 0 spiro atoms. The minimum Gasteiger partial charge on any atom is -0.786 e. The molecule has 6 heavy (non-hydrogen) atoms. The normalized spacial score (nSPS) is 9.83. The summed E-state index contributed by atoms with van der Waals surface area (Å²) in [6, 6.07) is 0. The Morgan fingerprint density at radius 3 is 1.50 bits per heavy atom. The molecule has 0 radical (unpaired) electrons. The Kier molecular flexibility index (Phi) is 3.49. The highest BCUT2D eigenvalue weighted by Crippen LogP contribution is 2.22. The van der Waals surface area contributed by atoms with Gasteiger partial charge in [-0.25, -0.2) is 4.20 Å². The lowest BCUT2D eigenvalue weighted by molar-refractivity contribution is -0.328. The van der Waals surface area contributed by atoms with Gasteiger partial charge in [0.15, 0.2) is 0 Å². The van der Waals surface area contributed by atoms with Crippen LogP contribution in [0.25, 0.3) is 0 Å².